The number of thiazole rings is 1. The molecule has 0 aliphatic carbocycles. The maximum absolute atomic E-state index is 5.64. The molecule has 1 aliphatic heterocycles. The molecule has 112 valence electrons. The summed E-state index contributed by atoms with van der Waals surface area (Å²) in [6.07, 6.45) is 2.68. The normalized spacial score (nSPS) is 18.1. The molecule has 2 heterocycles. The summed E-state index contributed by atoms with van der Waals surface area (Å²) in [7, 11) is 0. The van der Waals surface area contributed by atoms with E-state index in [1.54, 1.807) is 11.3 Å². The molecule has 0 radical (unpaired) electrons. The van der Waals surface area contributed by atoms with Crippen molar-refractivity contribution >= 4 is 16.5 Å². The van der Waals surface area contributed by atoms with Gasteiger partial charge in [0, 0.05) is 23.6 Å². The van der Waals surface area contributed by atoms with Crippen molar-refractivity contribution < 1.29 is 4.74 Å². The Labute approximate surface area is 130 Å². The first-order valence-corrected chi connectivity index (χ1v) is 8.35. The molecule has 1 aromatic carbocycles. The van der Waals surface area contributed by atoms with Gasteiger partial charge in [0.15, 0.2) is 5.13 Å². The van der Waals surface area contributed by atoms with Gasteiger partial charge in [0.1, 0.15) is 0 Å². The van der Waals surface area contributed by atoms with Gasteiger partial charge in [0.2, 0.25) is 0 Å². The molecule has 0 spiro atoms. The van der Waals surface area contributed by atoms with Crippen molar-refractivity contribution in [1.29, 1.82) is 0 Å². The third-order valence-electron chi connectivity index (χ3n) is 4.08. The van der Waals surface area contributed by atoms with Crippen LogP contribution in [-0.4, -0.2) is 24.2 Å². The fraction of sp³-hybridized carbons (Fsp3) is 0.471. The number of aryl methyl sites for hydroxylation is 3. The smallest absolute Gasteiger partial charge is 0.183 e. The standard InChI is InChI=1S/C17H22N2OS/c1-11-6-7-14(9-12(11)2)16-13(3)21-17(19-16)18-10-15-5-4-8-20-15/h6-7,9,15H,4-5,8,10H2,1-3H3,(H,18,19)/t15-/m1/s1. The molecule has 1 aliphatic rings. The zero-order valence-electron chi connectivity index (χ0n) is 12.9. The predicted molar refractivity (Wildman–Crippen MR) is 89.2 cm³/mol. The first-order valence-electron chi connectivity index (χ1n) is 7.54. The number of hydrogen-bond donors (Lipinski definition) is 1. The van der Waals surface area contributed by atoms with Crippen molar-refractivity contribution in [2.75, 3.05) is 18.5 Å². The van der Waals surface area contributed by atoms with Crippen LogP contribution >= 0.6 is 11.3 Å². The van der Waals surface area contributed by atoms with Gasteiger partial charge >= 0.3 is 0 Å². The number of anilines is 1. The maximum Gasteiger partial charge on any atom is 0.183 e. The summed E-state index contributed by atoms with van der Waals surface area (Å²) in [5, 5.41) is 4.42. The van der Waals surface area contributed by atoms with Crippen LogP contribution in [0, 0.1) is 20.8 Å². The van der Waals surface area contributed by atoms with E-state index in [9.17, 15) is 0 Å². The number of ether oxygens (including phenoxy) is 1. The molecule has 21 heavy (non-hydrogen) atoms. The summed E-state index contributed by atoms with van der Waals surface area (Å²) in [5.41, 5.74) is 4.94. The van der Waals surface area contributed by atoms with E-state index in [-0.39, 0.29) is 0 Å². The second-order valence-electron chi connectivity index (χ2n) is 5.74. The van der Waals surface area contributed by atoms with Crippen molar-refractivity contribution in [2.24, 2.45) is 0 Å². The van der Waals surface area contributed by atoms with Gasteiger partial charge in [0.05, 0.1) is 11.8 Å². The van der Waals surface area contributed by atoms with Crippen molar-refractivity contribution in [3.63, 3.8) is 0 Å². The molecule has 0 bridgehead atoms. The molecule has 1 saturated heterocycles. The first kappa shape index (κ1) is 14.5. The number of aromatic nitrogens is 1. The van der Waals surface area contributed by atoms with Crippen LogP contribution in [0.25, 0.3) is 11.3 Å². The fourth-order valence-electron chi connectivity index (χ4n) is 2.64. The van der Waals surface area contributed by atoms with Crippen LogP contribution in [-0.2, 0) is 4.74 Å². The summed E-state index contributed by atoms with van der Waals surface area (Å²) in [5.74, 6) is 0. The zero-order chi connectivity index (χ0) is 14.8. The Morgan fingerprint density at radius 1 is 1.29 bits per heavy atom. The average Bonchev–Trinajstić information content (AvgIpc) is 3.09. The van der Waals surface area contributed by atoms with Crippen LogP contribution in [0.2, 0.25) is 0 Å². The molecule has 1 atom stereocenters. The largest absolute Gasteiger partial charge is 0.376 e. The van der Waals surface area contributed by atoms with E-state index in [0.717, 1.165) is 30.4 Å². The molecule has 0 amide bonds. The molecular weight excluding hydrogens is 280 g/mol. The summed E-state index contributed by atoms with van der Waals surface area (Å²) in [6, 6.07) is 6.55. The van der Waals surface area contributed by atoms with Gasteiger partial charge in [-0.25, -0.2) is 4.98 Å². The van der Waals surface area contributed by atoms with E-state index in [4.69, 9.17) is 9.72 Å². The minimum atomic E-state index is 0.347. The SMILES string of the molecule is Cc1ccc(-c2nc(NC[C@H]3CCCO3)sc2C)cc1C. The Hall–Kier alpha value is -1.39. The molecule has 3 rings (SSSR count). The second-order valence-corrected chi connectivity index (χ2v) is 6.94. The monoisotopic (exact) mass is 302 g/mol. The fourth-order valence-corrected chi connectivity index (χ4v) is 3.48. The number of benzene rings is 1. The number of rotatable bonds is 4. The Morgan fingerprint density at radius 2 is 2.14 bits per heavy atom. The third-order valence-corrected chi connectivity index (χ3v) is 5.01. The van der Waals surface area contributed by atoms with Gasteiger partial charge < -0.3 is 10.1 Å². The lowest BCUT2D eigenvalue weighted by molar-refractivity contribution is 0.120. The third kappa shape index (κ3) is 3.27. The zero-order valence-corrected chi connectivity index (χ0v) is 13.7. The first-order chi connectivity index (χ1) is 10.1. The van der Waals surface area contributed by atoms with Crippen LogP contribution in [0.3, 0.4) is 0 Å². The van der Waals surface area contributed by atoms with E-state index >= 15 is 0 Å². The lowest BCUT2D eigenvalue weighted by Gasteiger charge is -2.09. The minimum absolute atomic E-state index is 0.347. The Morgan fingerprint density at radius 3 is 2.86 bits per heavy atom. The number of nitrogens with one attached hydrogen (secondary N) is 1. The molecule has 0 saturated carbocycles. The summed E-state index contributed by atoms with van der Waals surface area (Å²) in [4.78, 5) is 6.02. The highest BCUT2D eigenvalue weighted by Crippen LogP contribution is 2.31. The quantitative estimate of drug-likeness (QED) is 0.913. The molecule has 3 nitrogen and oxygen atoms in total. The Balaban J connectivity index is 1.75. The number of hydrogen-bond acceptors (Lipinski definition) is 4. The second kappa shape index (κ2) is 6.16. The van der Waals surface area contributed by atoms with Gasteiger partial charge in [-0.1, -0.05) is 12.1 Å². The Kier molecular flexibility index (Phi) is 4.27. The summed E-state index contributed by atoms with van der Waals surface area (Å²) >= 11 is 1.72. The molecule has 4 heteroatoms. The van der Waals surface area contributed by atoms with Crippen molar-refractivity contribution in [1.82, 2.24) is 4.98 Å². The van der Waals surface area contributed by atoms with Crippen LogP contribution < -0.4 is 5.32 Å². The highest BCUT2D eigenvalue weighted by molar-refractivity contribution is 7.16. The Bertz CT molecular complexity index is 630. The average molecular weight is 302 g/mol. The van der Waals surface area contributed by atoms with Crippen LogP contribution in [0.5, 0.6) is 0 Å². The molecular formula is C17H22N2OS. The van der Waals surface area contributed by atoms with E-state index in [2.05, 4.69) is 44.3 Å². The topological polar surface area (TPSA) is 34.2 Å². The molecule has 1 N–H and O–H groups in total. The predicted octanol–water partition coefficient (Wildman–Crippen LogP) is 4.33. The lowest BCUT2D eigenvalue weighted by atomic mass is 10.0. The summed E-state index contributed by atoms with van der Waals surface area (Å²) < 4.78 is 5.64. The molecule has 1 aromatic heterocycles. The van der Waals surface area contributed by atoms with E-state index in [0.29, 0.717) is 6.10 Å². The lowest BCUT2D eigenvalue weighted by Crippen LogP contribution is -2.18. The number of nitrogens with zero attached hydrogens (tertiary/aromatic N) is 1. The van der Waals surface area contributed by atoms with Crippen LogP contribution in [0.1, 0.15) is 28.8 Å². The molecule has 2 aromatic rings. The van der Waals surface area contributed by atoms with Crippen LogP contribution in [0.15, 0.2) is 18.2 Å². The highest BCUT2D eigenvalue weighted by Gasteiger charge is 2.16. The van der Waals surface area contributed by atoms with E-state index < -0.39 is 0 Å². The molecule has 1 fully saturated rings. The van der Waals surface area contributed by atoms with Gasteiger partial charge in [-0.2, -0.15) is 0 Å². The van der Waals surface area contributed by atoms with E-state index in [1.165, 1.54) is 28.0 Å². The van der Waals surface area contributed by atoms with Gasteiger partial charge in [-0.15, -0.1) is 11.3 Å². The van der Waals surface area contributed by atoms with E-state index in [1.807, 2.05) is 0 Å². The van der Waals surface area contributed by atoms with Gasteiger partial charge in [0.25, 0.3) is 0 Å². The van der Waals surface area contributed by atoms with Gasteiger partial charge in [-0.3, -0.25) is 0 Å². The minimum Gasteiger partial charge on any atom is -0.376 e. The molecule has 0 unspecified atom stereocenters. The highest BCUT2D eigenvalue weighted by atomic mass is 32.1. The van der Waals surface area contributed by atoms with Crippen molar-refractivity contribution in [3.8, 4) is 11.3 Å². The van der Waals surface area contributed by atoms with Crippen molar-refractivity contribution in [2.45, 2.75) is 39.7 Å². The van der Waals surface area contributed by atoms with Gasteiger partial charge in [-0.05, 0) is 50.8 Å². The van der Waals surface area contributed by atoms with Crippen LogP contribution in [0.4, 0.5) is 5.13 Å². The maximum atomic E-state index is 5.64. The summed E-state index contributed by atoms with van der Waals surface area (Å²) in [6.45, 7) is 8.19. The van der Waals surface area contributed by atoms with Crippen molar-refractivity contribution in [3.05, 3.63) is 34.2 Å².